The van der Waals surface area contributed by atoms with E-state index in [9.17, 15) is 91.5 Å². The van der Waals surface area contributed by atoms with Crippen LogP contribution in [0.25, 0.3) is 0 Å². The molecule has 0 aliphatic rings. The van der Waals surface area contributed by atoms with Crippen molar-refractivity contribution in [2.45, 2.75) is 239 Å². The number of unbranched alkanes of at least 4 members (excludes halogenated alkanes) is 23. The molecule has 35 heteroatoms. The van der Waals surface area contributed by atoms with E-state index in [1.54, 1.807) is 86.0 Å². The monoisotopic (exact) mass is 1960 g/mol. The van der Waals surface area contributed by atoms with Gasteiger partial charge in [-0.25, -0.2) is 13.6 Å². The summed E-state index contributed by atoms with van der Waals surface area (Å²) in [6.07, 6.45) is 27.7. The lowest BCUT2D eigenvalue weighted by Crippen LogP contribution is -2.26. The number of amides is 6. The summed E-state index contributed by atoms with van der Waals surface area (Å²) >= 11 is 11.6. The van der Waals surface area contributed by atoms with Crippen molar-refractivity contribution in [1.29, 1.82) is 0 Å². The van der Waals surface area contributed by atoms with Crippen LogP contribution in [0, 0.1) is 25.5 Å². The normalized spacial score (nSPS) is 10.4. The Labute approximate surface area is 812 Å². The van der Waals surface area contributed by atoms with Gasteiger partial charge in [-0.3, -0.25) is 57.5 Å². The molecule has 750 valence electrons. The number of aryl methyl sites for hydroxylation is 4. The number of phenols is 4. The van der Waals surface area contributed by atoms with Gasteiger partial charge in [-0.2, -0.15) is 0 Å². The van der Waals surface area contributed by atoms with Crippen molar-refractivity contribution in [3.8, 4) is 28.7 Å². The minimum Gasteiger partial charge on any atom is -0.507 e. The fourth-order valence-electron chi connectivity index (χ4n) is 13.5. The first-order valence-electron chi connectivity index (χ1n) is 46.1. The summed E-state index contributed by atoms with van der Waals surface area (Å²) in [6.45, 7) is 5.65. The van der Waals surface area contributed by atoms with Gasteiger partial charge < -0.3 is 92.8 Å². The molecule has 0 heterocycles. The number of rotatable bonds is 55. The van der Waals surface area contributed by atoms with Gasteiger partial charge in [0.25, 0.3) is 35.4 Å². The van der Waals surface area contributed by atoms with E-state index in [2.05, 4.69) is 31.9 Å². The molecule has 17 N–H and O–H groups in total. The van der Waals surface area contributed by atoms with Crippen LogP contribution in [0.3, 0.4) is 0 Å². The summed E-state index contributed by atoms with van der Waals surface area (Å²) in [7, 11) is 1.56. The van der Waals surface area contributed by atoms with Crippen molar-refractivity contribution in [3.05, 3.63) is 241 Å². The highest BCUT2D eigenvalue weighted by Gasteiger charge is 2.21. The van der Waals surface area contributed by atoms with Gasteiger partial charge in [-0.15, -0.1) is 0 Å². The Hall–Kier alpha value is -13.7. The second-order valence-electron chi connectivity index (χ2n) is 32.3. The molecule has 8 aromatic rings. The average Bonchev–Trinajstić information content (AvgIpc) is 0.834. The molecule has 0 atom stereocenters. The Balaban J connectivity index is 0.000000426. The van der Waals surface area contributed by atoms with Crippen LogP contribution in [-0.4, -0.2) is 167 Å². The second kappa shape index (κ2) is 69.2. The highest BCUT2D eigenvalue weighted by molar-refractivity contribution is 6.36. The lowest BCUT2D eigenvalue weighted by Gasteiger charge is -2.09. The fraction of sp³-hybridized carbons (Fsp3) is 0.408. The SMILES string of the molecule is COc1ccccc1C(=O)NCCCCCCCCCCC(=O)O.Cc1cc(F)cc(C(=O)Nc2ccc(CCC(=O)O)cc2)c1O.Cc1ccc(O)c(C(=O)NCCCCCCCC(=O)O)c1.O=C(O)CCCCCCCCCNC(=O)c1cc(Cl)cc(Cl)c1O.O=C(O)CCCCCCCCCNC(=O)c1ccccc1C(=O)O.O=C(O)CCc1ccc(NC(=O)c2ccccc2O)c(F)c1. The molecule has 0 spiro atoms. The summed E-state index contributed by atoms with van der Waals surface area (Å²) in [6, 6.07) is 39.9. The van der Waals surface area contributed by atoms with Gasteiger partial charge in [0.05, 0.1) is 56.8 Å². The highest BCUT2D eigenvalue weighted by Crippen LogP contribution is 2.32. The van der Waals surface area contributed by atoms with Crippen molar-refractivity contribution >= 4 is 112 Å². The van der Waals surface area contributed by atoms with Crippen LogP contribution in [-0.2, 0) is 41.6 Å². The van der Waals surface area contributed by atoms with E-state index in [1.807, 2.05) is 19.1 Å². The Kier molecular flexibility index (Phi) is 59.4. The molecule has 0 saturated carbocycles. The second-order valence-corrected chi connectivity index (χ2v) is 33.2. The molecule has 0 bridgehead atoms. The molecule has 31 nitrogen and oxygen atoms in total. The van der Waals surface area contributed by atoms with E-state index in [0.29, 0.717) is 72.2 Å². The summed E-state index contributed by atoms with van der Waals surface area (Å²) in [5.74, 6) is -9.64. The molecule has 0 aromatic heterocycles. The number of aromatic hydroxyl groups is 4. The van der Waals surface area contributed by atoms with E-state index in [0.717, 1.165) is 184 Å². The van der Waals surface area contributed by atoms with Crippen molar-refractivity contribution in [2.24, 2.45) is 0 Å². The predicted octanol–water partition coefficient (Wildman–Crippen LogP) is 20.7. The quantitative estimate of drug-likeness (QED) is 0.0157. The van der Waals surface area contributed by atoms with Crippen LogP contribution in [0.1, 0.15) is 307 Å². The van der Waals surface area contributed by atoms with Crippen LogP contribution >= 0.6 is 23.2 Å². The maximum absolute atomic E-state index is 13.9. The number of ether oxygens (including phenoxy) is 1. The Bertz CT molecular complexity index is 5200. The Morgan fingerprint density at radius 1 is 0.319 bits per heavy atom. The summed E-state index contributed by atoms with van der Waals surface area (Å²) in [5, 5.41) is 116. The maximum Gasteiger partial charge on any atom is 0.336 e. The number of benzene rings is 8. The number of halogens is 4. The number of nitrogens with one attached hydrogen (secondary N) is 6. The zero-order chi connectivity index (χ0) is 102. The van der Waals surface area contributed by atoms with Crippen molar-refractivity contribution in [1.82, 2.24) is 21.3 Å². The number of carboxylic acids is 7. The molecule has 0 unspecified atom stereocenters. The number of carbonyl (C=O) groups excluding carboxylic acids is 6. The molecular weight excluding hydrogens is 1830 g/mol. The fourth-order valence-corrected chi connectivity index (χ4v) is 14.0. The number of anilines is 2. The van der Waals surface area contributed by atoms with E-state index < -0.39 is 71.1 Å². The first-order chi connectivity index (χ1) is 65.9. The topological polar surface area (TPSA) is 526 Å². The predicted molar refractivity (Wildman–Crippen MR) is 522 cm³/mol. The third-order valence-electron chi connectivity index (χ3n) is 21.0. The molecule has 0 saturated heterocycles. The number of carboxylic acid groups (broad SMARTS) is 7. The zero-order valence-electron chi connectivity index (χ0n) is 78.2. The molecule has 0 radical (unpaired) electrons. The van der Waals surface area contributed by atoms with Crippen LogP contribution in [0.5, 0.6) is 28.7 Å². The molecule has 8 rings (SSSR count). The Morgan fingerprint density at radius 3 is 1.12 bits per heavy atom. The first-order valence-corrected chi connectivity index (χ1v) is 46.8. The number of aliphatic carboxylic acids is 6. The number of para-hydroxylation sites is 2. The minimum atomic E-state index is -1.11. The van der Waals surface area contributed by atoms with Gasteiger partial charge in [0.2, 0.25) is 0 Å². The van der Waals surface area contributed by atoms with Crippen LogP contribution in [0.4, 0.5) is 20.2 Å². The van der Waals surface area contributed by atoms with Gasteiger partial charge in [0.1, 0.15) is 40.4 Å². The smallest absolute Gasteiger partial charge is 0.336 e. The van der Waals surface area contributed by atoms with Gasteiger partial charge >= 0.3 is 41.8 Å². The van der Waals surface area contributed by atoms with Crippen molar-refractivity contribution in [2.75, 3.05) is 43.9 Å². The Morgan fingerprint density at radius 2 is 0.681 bits per heavy atom. The molecule has 138 heavy (non-hydrogen) atoms. The van der Waals surface area contributed by atoms with E-state index in [-0.39, 0.29) is 130 Å². The number of aromatic carboxylic acids is 1. The van der Waals surface area contributed by atoms with Crippen LogP contribution in [0.2, 0.25) is 10.0 Å². The molecular formula is C103H130Cl2F2N6O25. The number of hydrogen-bond acceptors (Lipinski definition) is 18. The van der Waals surface area contributed by atoms with Crippen LogP contribution in [0.15, 0.2) is 158 Å². The summed E-state index contributed by atoms with van der Waals surface area (Å²) in [5.41, 5.74) is 4.03. The minimum absolute atomic E-state index is 0.00762. The number of carbonyl (C=O) groups is 13. The lowest BCUT2D eigenvalue weighted by molar-refractivity contribution is -0.138. The summed E-state index contributed by atoms with van der Waals surface area (Å²) < 4.78 is 32.5. The third-order valence-corrected chi connectivity index (χ3v) is 21.5. The molecule has 0 fully saturated rings. The molecule has 8 aromatic carbocycles. The lowest BCUT2D eigenvalue weighted by atomic mass is 10.1. The van der Waals surface area contributed by atoms with Crippen LogP contribution < -0.4 is 36.6 Å². The summed E-state index contributed by atoms with van der Waals surface area (Å²) in [4.78, 5) is 146. The molecule has 0 aliphatic heterocycles. The largest absolute Gasteiger partial charge is 0.507 e. The van der Waals surface area contributed by atoms with Crippen molar-refractivity contribution in [3.63, 3.8) is 0 Å². The van der Waals surface area contributed by atoms with Gasteiger partial charge in [0.15, 0.2) is 0 Å². The van der Waals surface area contributed by atoms with E-state index in [1.165, 1.54) is 67.9 Å². The average molecular weight is 1960 g/mol. The highest BCUT2D eigenvalue weighted by atomic mass is 35.5. The standard InChI is InChI=1S/C19H29NO4.C18H25NO5.C17H23Cl2NO4.C17H16FNO4.C16H14FNO4.C16H23NO4/c1-24-17-13-10-9-12-16(17)19(23)20-15-11-7-5-3-2-4-6-8-14-18(21)22;20-16(21)12-6-4-2-1-3-5-9-13-19-17(22)14-10-7-8-11-15(14)18(23)24;18-12-10-13(16(23)14(19)11-12)17(24)20-9-7-5-3-1-2-4-6-8-15(21)22;1-10-8-12(18)9-14(16(10)22)17(23)19-13-5-2-11(3-6-13)4-7-15(20)21;17-12-9-10(6-8-15(20)21)5-7-13(12)18-16(22)11-3-1-2-4-14(11)19;1-12-8-9-14(18)13(11-12)16(21)17-10-6-4-2-3-5-7-15(19)20/h9-10,12-13H,2-8,11,14-15H2,1H3,(H,20,23)(H,21,22);7-8,10-11H,1-6,9,12-13H2,(H,19,22)(H,20,21)(H,23,24);10-11,23H,1-9H2,(H,20,24)(H,21,22);2-3,5-6,8-9,22H,4,7H2,1H3,(H,19,23)(H,20,21);1-5,7,9,19H,6,8H2,(H,18,22)(H,20,21);8-9,11,18H,2-7,10H2,1H3,(H,17,21)(H,19,20). The van der Waals surface area contributed by atoms with E-state index >= 15 is 0 Å². The van der Waals surface area contributed by atoms with Gasteiger partial charge in [-0.1, -0.05) is 211 Å². The number of methoxy groups -OCH3 is 1. The zero-order valence-corrected chi connectivity index (χ0v) is 79.7. The number of phenolic OH excluding ortho intramolecular Hbond substituents is 4. The number of hydrogen-bond donors (Lipinski definition) is 17. The molecule has 6 amide bonds. The van der Waals surface area contributed by atoms with Crippen molar-refractivity contribution < 1.29 is 132 Å². The van der Waals surface area contributed by atoms with E-state index in [4.69, 9.17) is 63.7 Å². The third kappa shape index (κ3) is 51.9. The maximum atomic E-state index is 13.9. The van der Waals surface area contributed by atoms with Gasteiger partial charge in [-0.05, 0) is 192 Å². The molecule has 0 aliphatic carbocycles. The van der Waals surface area contributed by atoms with Gasteiger partial charge in [0, 0.05) is 75.4 Å². The first kappa shape index (κ1) is 118.